The van der Waals surface area contributed by atoms with Crippen molar-refractivity contribution < 1.29 is 8.42 Å². The molecule has 0 unspecified atom stereocenters. The highest BCUT2D eigenvalue weighted by molar-refractivity contribution is 7.91. The van der Waals surface area contributed by atoms with E-state index in [0.717, 1.165) is 5.52 Å². The number of hydrogen-bond acceptors (Lipinski definition) is 4. The van der Waals surface area contributed by atoms with E-state index in [-0.39, 0.29) is 10.4 Å². The lowest BCUT2D eigenvalue weighted by atomic mass is 10.0. The van der Waals surface area contributed by atoms with Crippen molar-refractivity contribution in [3.8, 4) is 0 Å². The number of sulfone groups is 1. The molecule has 0 saturated heterocycles. The highest BCUT2D eigenvalue weighted by atomic mass is 32.2. The number of fused-ring (bicyclic) bond motifs is 1. The fourth-order valence-corrected chi connectivity index (χ4v) is 2.70. The van der Waals surface area contributed by atoms with Gasteiger partial charge >= 0.3 is 0 Å². The third-order valence-electron chi connectivity index (χ3n) is 2.55. The van der Waals surface area contributed by atoms with Gasteiger partial charge in [0, 0.05) is 18.2 Å². The Balaban J connectivity index is 2.59. The van der Waals surface area contributed by atoms with Crippen LogP contribution in [0.1, 0.15) is 19.7 Å². The lowest BCUT2D eigenvalue weighted by molar-refractivity contribution is 0.505. The smallest absolute Gasteiger partial charge is 0.177 e. The minimum absolute atomic E-state index is 0.248. The van der Waals surface area contributed by atoms with Crippen LogP contribution >= 0.6 is 0 Å². The summed E-state index contributed by atoms with van der Waals surface area (Å²) in [6.07, 6.45) is 1.74. The Labute approximate surface area is 106 Å². The molecule has 1 heterocycles. The highest BCUT2D eigenvalue weighted by Gasteiger charge is 2.18. The van der Waals surface area contributed by atoms with Crippen LogP contribution in [-0.4, -0.2) is 30.2 Å². The van der Waals surface area contributed by atoms with Crippen molar-refractivity contribution in [3.63, 3.8) is 0 Å². The molecule has 0 fully saturated rings. The molecule has 1 aromatic carbocycles. The quantitative estimate of drug-likeness (QED) is 0.875. The maximum atomic E-state index is 11.7. The average Bonchev–Trinajstić information content (AvgIpc) is 2.53. The van der Waals surface area contributed by atoms with E-state index in [0.29, 0.717) is 17.8 Å². The zero-order chi connectivity index (χ0) is 13.6. The number of hydrogen-bond donors (Lipinski definition) is 2. The first-order chi connectivity index (χ1) is 8.17. The molecule has 2 rings (SSSR count). The van der Waals surface area contributed by atoms with E-state index >= 15 is 0 Å². The molecule has 5 nitrogen and oxygen atoms in total. The topological polar surface area (TPSA) is 88.8 Å². The van der Waals surface area contributed by atoms with Gasteiger partial charge in [0.1, 0.15) is 11.3 Å². The second-order valence-corrected chi connectivity index (χ2v) is 7.26. The van der Waals surface area contributed by atoms with E-state index in [1.165, 1.54) is 6.26 Å². The lowest BCUT2D eigenvalue weighted by Crippen LogP contribution is -2.34. The summed E-state index contributed by atoms with van der Waals surface area (Å²) in [7, 11) is -3.27. The fourth-order valence-electron chi connectivity index (χ4n) is 1.87. The van der Waals surface area contributed by atoms with Gasteiger partial charge in [0.05, 0.1) is 10.4 Å². The maximum absolute atomic E-state index is 11.7. The van der Waals surface area contributed by atoms with Crippen molar-refractivity contribution in [2.75, 3.05) is 6.26 Å². The molecule has 0 saturated carbocycles. The molecule has 18 heavy (non-hydrogen) atoms. The predicted molar refractivity (Wildman–Crippen MR) is 71.2 cm³/mol. The number of aromatic nitrogens is 2. The fraction of sp³-hybridized carbons (Fsp3) is 0.417. The van der Waals surface area contributed by atoms with Gasteiger partial charge in [-0.15, -0.1) is 0 Å². The molecular weight excluding hydrogens is 250 g/mol. The van der Waals surface area contributed by atoms with E-state index in [1.807, 2.05) is 19.9 Å². The van der Waals surface area contributed by atoms with Crippen molar-refractivity contribution in [2.24, 2.45) is 5.73 Å². The van der Waals surface area contributed by atoms with Crippen molar-refractivity contribution in [1.29, 1.82) is 0 Å². The van der Waals surface area contributed by atoms with Gasteiger partial charge in [-0.2, -0.15) is 0 Å². The van der Waals surface area contributed by atoms with E-state index in [2.05, 4.69) is 9.97 Å². The molecule has 0 atom stereocenters. The molecule has 2 aromatic rings. The van der Waals surface area contributed by atoms with Gasteiger partial charge in [0.25, 0.3) is 0 Å². The third-order valence-corrected chi connectivity index (χ3v) is 3.68. The van der Waals surface area contributed by atoms with Gasteiger partial charge in [0.2, 0.25) is 0 Å². The number of rotatable bonds is 3. The van der Waals surface area contributed by atoms with E-state index in [9.17, 15) is 8.42 Å². The van der Waals surface area contributed by atoms with Crippen LogP contribution in [0.3, 0.4) is 0 Å². The Morgan fingerprint density at radius 2 is 2.06 bits per heavy atom. The van der Waals surface area contributed by atoms with Gasteiger partial charge in [-0.25, -0.2) is 13.4 Å². The molecule has 0 aliphatic carbocycles. The molecule has 0 spiro atoms. The van der Waals surface area contributed by atoms with E-state index < -0.39 is 9.84 Å². The van der Waals surface area contributed by atoms with Crippen LogP contribution in [0, 0.1) is 0 Å². The van der Waals surface area contributed by atoms with Crippen LogP contribution in [0.25, 0.3) is 11.0 Å². The Morgan fingerprint density at radius 3 is 2.61 bits per heavy atom. The van der Waals surface area contributed by atoms with E-state index in [1.54, 1.807) is 12.1 Å². The van der Waals surface area contributed by atoms with Crippen LogP contribution in [0.4, 0.5) is 0 Å². The number of H-pyrrole nitrogens is 1. The van der Waals surface area contributed by atoms with Gasteiger partial charge < -0.3 is 10.7 Å². The summed E-state index contributed by atoms with van der Waals surface area (Å²) in [6.45, 7) is 3.80. The summed E-state index contributed by atoms with van der Waals surface area (Å²) in [5.41, 5.74) is 6.75. The minimum atomic E-state index is -3.27. The number of nitrogens with one attached hydrogen (secondary N) is 1. The highest BCUT2D eigenvalue weighted by Crippen LogP contribution is 2.22. The van der Waals surface area contributed by atoms with Crippen LogP contribution in [0.5, 0.6) is 0 Å². The Kier molecular flexibility index (Phi) is 2.95. The van der Waals surface area contributed by atoms with Crippen LogP contribution in [0.15, 0.2) is 23.1 Å². The van der Waals surface area contributed by atoms with Crippen molar-refractivity contribution in [1.82, 2.24) is 9.97 Å². The molecular formula is C12H17N3O2S. The second-order valence-electron chi connectivity index (χ2n) is 5.27. The Morgan fingerprint density at radius 1 is 1.39 bits per heavy atom. The Bertz CT molecular complexity index is 681. The lowest BCUT2D eigenvalue weighted by Gasteiger charge is -2.15. The normalized spacial score (nSPS) is 13.1. The molecule has 0 bridgehead atoms. The molecule has 3 N–H and O–H groups in total. The van der Waals surface area contributed by atoms with Crippen LogP contribution < -0.4 is 5.73 Å². The average molecular weight is 267 g/mol. The van der Waals surface area contributed by atoms with E-state index in [4.69, 9.17) is 5.73 Å². The van der Waals surface area contributed by atoms with Gasteiger partial charge in [-0.05, 0) is 26.0 Å². The zero-order valence-corrected chi connectivity index (χ0v) is 11.5. The first-order valence-electron chi connectivity index (χ1n) is 5.63. The van der Waals surface area contributed by atoms with Crippen molar-refractivity contribution in [2.45, 2.75) is 30.7 Å². The second kappa shape index (κ2) is 4.07. The Hall–Kier alpha value is -1.40. The number of imidazole rings is 1. The summed E-state index contributed by atoms with van der Waals surface area (Å²) in [4.78, 5) is 7.71. The number of nitrogens with two attached hydrogens (primary N) is 1. The monoisotopic (exact) mass is 267 g/mol. The predicted octanol–water partition coefficient (Wildman–Crippen LogP) is 1.25. The van der Waals surface area contributed by atoms with Crippen molar-refractivity contribution >= 4 is 20.9 Å². The molecule has 0 aliphatic heterocycles. The number of benzene rings is 1. The SMILES string of the molecule is CC(C)(N)Cc1nc2c(S(C)(=O)=O)cccc2[nH]1. The summed E-state index contributed by atoms with van der Waals surface area (Å²) in [5.74, 6) is 0.702. The summed E-state index contributed by atoms with van der Waals surface area (Å²) >= 11 is 0. The molecule has 0 radical (unpaired) electrons. The van der Waals surface area contributed by atoms with Gasteiger partial charge in [-0.1, -0.05) is 6.07 Å². The first kappa shape index (κ1) is 13.0. The number of para-hydroxylation sites is 1. The molecule has 1 aromatic heterocycles. The summed E-state index contributed by atoms with van der Waals surface area (Å²) in [5, 5.41) is 0. The first-order valence-corrected chi connectivity index (χ1v) is 7.52. The van der Waals surface area contributed by atoms with Gasteiger partial charge in [0.15, 0.2) is 9.84 Å². The van der Waals surface area contributed by atoms with Crippen molar-refractivity contribution in [3.05, 3.63) is 24.0 Å². The summed E-state index contributed by atoms with van der Waals surface area (Å²) < 4.78 is 23.3. The van der Waals surface area contributed by atoms with Crippen LogP contribution in [0.2, 0.25) is 0 Å². The molecule has 0 amide bonds. The van der Waals surface area contributed by atoms with Crippen LogP contribution in [-0.2, 0) is 16.3 Å². The third kappa shape index (κ3) is 2.70. The number of nitrogens with zero attached hydrogens (tertiary/aromatic N) is 1. The standard InChI is InChI=1S/C12H17N3O2S/c1-12(2,13)7-10-14-8-5-4-6-9(11(8)15-10)18(3,16)17/h4-6H,7,13H2,1-3H3,(H,14,15). The molecule has 6 heteroatoms. The molecule has 98 valence electrons. The number of aromatic amines is 1. The van der Waals surface area contributed by atoms with Gasteiger partial charge in [-0.3, -0.25) is 0 Å². The molecule has 0 aliphatic rings. The largest absolute Gasteiger partial charge is 0.342 e. The zero-order valence-electron chi connectivity index (χ0n) is 10.7. The summed E-state index contributed by atoms with van der Waals surface area (Å²) in [6, 6.07) is 5.08. The maximum Gasteiger partial charge on any atom is 0.177 e. The minimum Gasteiger partial charge on any atom is -0.342 e.